The van der Waals surface area contributed by atoms with Gasteiger partial charge in [0.2, 0.25) is 10.0 Å². The summed E-state index contributed by atoms with van der Waals surface area (Å²) in [4.78, 5) is 10.2. The molecule has 1 rings (SSSR count). The zero-order chi connectivity index (χ0) is 19.4. The van der Waals surface area contributed by atoms with Crippen LogP contribution in [0.25, 0.3) is 0 Å². The molecule has 26 heavy (non-hydrogen) atoms. The molecule has 0 fully saturated rings. The maximum absolute atomic E-state index is 12.5. The van der Waals surface area contributed by atoms with E-state index in [4.69, 9.17) is 0 Å². The molecule has 0 saturated carbocycles. The van der Waals surface area contributed by atoms with E-state index in [-0.39, 0.29) is 10.6 Å². The summed E-state index contributed by atoms with van der Waals surface area (Å²) in [7, 11) is -2.15. The van der Waals surface area contributed by atoms with Crippen LogP contribution in [0.1, 0.15) is 71.1 Å². The second-order valence-corrected chi connectivity index (χ2v) is 8.81. The summed E-state index contributed by atoms with van der Waals surface area (Å²) >= 11 is 0. The van der Waals surface area contributed by atoms with Gasteiger partial charge in [0.25, 0.3) is 5.69 Å². The summed E-state index contributed by atoms with van der Waals surface area (Å²) in [6, 6.07) is 5.21. The molecule has 148 valence electrons. The summed E-state index contributed by atoms with van der Waals surface area (Å²) in [6.45, 7) is 2.65. The van der Waals surface area contributed by atoms with E-state index in [0.717, 1.165) is 25.3 Å². The van der Waals surface area contributed by atoms with Crippen LogP contribution in [0.2, 0.25) is 0 Å². The summed E-state index contributed by atoms with van der Waals surface area (Å²) in [5.74, 6) is 0. The van der Waals surface area contributed by atoms with Crippen molar-refractivity contribution in [1.82, 2.24) is 4.31 Å². The number of hydrogen-bond donors (Lipinski definition) is 0. The number of nitro benzene ring substituents is 1. The van der Waals surface area contributed by atoms with Gasteiger partial charge in [-0.3, -0.25) is 10.1 Å². The fraction of sp³-hybridized carbons (Fsp3) is 0.684. The Hall–Kier alpha value is -1.47. The van der Waals surface area contributed by atoms with Gasteiger partial charge in [0.05, 0.1) is 9.82 Å². The Labute approximate surface area is 157 Å². The molecule has 7 heteroatoms. The Morgan fingerprint density at radius 2 is 1.50 bits per heavy atom. The van der Waals surface area contributed by atoms with Crippen molar-refractivity contribution in [2.75, 3.05) is 13.6 Å². The van der Waals surface area contributed by atoms with Crippen LogP contribution in [0.5, 0.6) is 0 Å². The van der Waals surface area contributed by atoms with E-state index in [1.54, 1.807) is 0 Å². The normalized spacial score (nSPS) is 11.8. The van der Waals surface area contributed by atoms with Crippen LogP contribution in [0.15, 0.2) is 29.2 Å². The van der Waals surface area contributed by atoms with Gasteiger partial charge in [0.15, 0.2) is 0 Å². The molecule has 0 saturated heterocycles. The number of non-ortho nitro benzene ring substituents is 1. The van der Waals surface area contributed by atoms with E-state index in [1.807, 2.05) is 0 Å². The quantitative estimate of drug-likeness (QED) is 0.253. The fourth-order valence-corrected chi connectivity index (χ4v) is 4.13. The number of rotatable bonds is 14. The topological polar surface area (TPSA) is 80.5 Å². The van der Waals surface area contributed by atoms with Gasteiger partial charge in [0, 0.05) is 25.7 Å². The lowest BCUT2D eigenvalue weighted by atomic mass is 10.1. The van der Waals surface area contributed by atoms with Crippen molar-refractivity contribution in [1.29, 1.82) is 0 Å². The standard InChI is InChI=1S/C19H32N2O4S/c1-3-4-5-6-7-8-9-10-11-12-16-20(2)26(24,25)19-15-13-14-18(17-19)21(22)23/h13-15,17H,3-12,16H2,1-2H3. The smallest absolute Gasteiger partial charge is 0.258 e. The number of hydrogen-bond acceptors (Lipinski definition) is 4. The van der Waals surface area contributed by atoms with Gasteiger partial charge < -0.3 is 0 Å². The van der Waals surface area contributed by atoms with Crippen LogP contribution in [0.4, 0.5) is 5.69 Å². The number of unbranched alkanes of at least 4 members (excludes halogenated alkanes) is 9. The van der Waals surface area contributed by atoms with Gasteiger partial charge in [-0.2, -0.15) is 0 Å². The molecule has 0 aliphatic heterocycles. The maximum atomic E-state index is 12.5. The lowest BCUT2D eigenvalue weighted by Crippen LogP contribution is -2.28. The summed E-state index contributed by atoms with van der Waals surface area (Å²) < 4.78 is 26.3. The predicted octanol–water partition coefficient (Wildman–Crippen LogP) is 5.14. The summed E-state index contributed by atoms with van der Waals surface area (Å²) in [6.07, 6.45) is 11.9. The highest BCUT2D eigenvalue weighted by Gasteiger charge is 2.22. The number of benzene rings is 1. The maximum Gasteiger partial charge on any atom is 0.270 e. The molecule has 0 amide bonds. The monoisotopic (exact) mass is 384 g/mol. The average Bonchev–Trinajstić information content (AvgIpc) is 2.63. The first-order valence-electron chi connectivity index (χ1n) is 9.60. The molecule has 0 N–H and O–H groups in total. The molecule has 0 unspecified atom stereocenters. The third-order valence-corrected chi connectivity index (χ3v) is 6.42. The molecule has 0 bridgehead atoms. The molecular weight excluding hydrogens is 352 g/mol. The summed E-state index contributed by atoms with van der Waals surface area (Å²) in [5.41, 5.74) is -0.210. The minimum atomic E-state index is -3.68. The van der Waals surface area contributed by atoms with E-state index in [9.17, 15) is 18.5 Å². The van der Waals surface area contributed by atoms with Crippen molar-refractivity contribution in [2.45, 2.75) is 76.0 Å². The van der Waals surface area contributed by atoms with Crippen molar-refractivity contribution in [3.8, 4) is 0 Å². The molecule has 0 aromatic heterocycles. The average molecular weight is 385 g/mol. The fourth-order valence-electron chi connectivity index (χ4n) is 2.88. The van der Waals surface area contributed by atoms with Crippen LogP contribution in [0, 0.1) is 10.1 Å². The lowest BCUT2D eigenvalue weighted by Gasteiger charge is -2.17. The van der Waals surface area contributed by atoms with Gasteiger partial charge in [-0.05, 0) is 12.5 Å². The van der Waals surface area contributed by atoms with E-state index in [2.05, 4.69) is 6.92 Å². The molecule has 0 aliphatic carbocycles. The van der Waals surface area contributed by atoms with Crippen molar-refractivity contribution in [2.24, 2.45) is 0 Å². The highest BCUT2D eigenvalue weighted by molar-refractivity contribution is 7.89. The van der Waals surface area contributed by atoms with Crippen LogP contribution < -0.4 is 0 Å². The van der Waals surface area contributed by atoms with Crippen LogP contribution >= 0.6 is 0 Å². The van der Waals surface area contributed by atoms with E-state index < -0.39 is 14.9 Å². The predicted molar refractivity (Wildman–Crippen MR) is 105 cm³/mol. The number of nitro groups is 1. The van der Waals surface area contributed by atoms with Gasteiger partial charge in [0.1, 0.15) is 0 Å². The Bertz CT molecular complexity index is 647. The van der Waals surface area contributed by atoms with Crippen molar-refractivity contribution < 1.29 is 13.3 Å². The van der Waals surface area contributed by atoms with Crippen molar-refractivity contribution in [3.63, 3.8) is 0 Å². The molecule has 0 radical (unpaired) electrons. The molecule has 0 heterocycles. The third kappa shape index (κ3) is 7.83. The second kappa shape index (κ2) is 12.0. The molecule has 1 aromatic rings. The van der Waals surface area contributed by atoms with Crippen LogP contribution in [-0.4, -0.2) is 31.2 Å². The minimum absolute atomic E-state index is 0.0266. The SMILES string of the molecule is CCCCCCCCCCCCN(C)S(=O)(=O)c1cccc([N+](=O)[O-])c1. The first-order chi connectivity index (χ1) is 12.4. The molecule has 0 spiro atoms. The van der Waals surface area contributed by atoms with Crippen molar-refractivity contribution >= 4 is 15.7 Å². The van der Waals surface area contributed by atoms with Gasteiger partial charge in [-0.25, -0.2) is 12.7 Å². The van der Waals surface area contributed by atoms with E-state index >= 15 is 0 Å². The minimum Gasteiger partial charge on any atom is -0.258 e. The molecule has 0 atom stereocenters. The molecule has 6 nitrogen and oxygen atoms in total. The molecule has 0 aliphatic rings. The highest BCUT2D eigenvalue weighted by atomic mass is 32.2. The van der Waals surface area contributed by atoms with Crippen molar-refractivity contribution in [3.05, 3.63) is 34.4 Å². The molecular formula is C19H32N2O4S. The first-order valence-corrected chi connectivity index (χ1v) is 11.0. The molecule has 1 aromatic carbocycles. The Balaban J connectivity index is 2.31. The number of sulfonamides is 1. The van der Waals surface area contributed by atoms with E-state index in [0.29, 0.717) is 6.54 Å². The van der Waals surface area contributed by atoms with E-state index in [1.165, 1.54) is 74.5 Å². The Kier molecular flexibility index (Phi) is 10.4. The Morgan fingerprint density at radius 3 is 2.04 bits per heavy atom. The second-order valence-electron chi connectivity index (χ2n) is 6.76. The van der Waals surface area contributed by atoms with Crippen LogP contribution in [0.3, 0.4) is 0 Å². The third-order valence-electron chi connectivity index (χ3n) is 4.56. The van der Waals surface area contributed by atoms with Gasteiger partial charge in [-0.15, -0.1) is 0 Å². The van der Waals surface area contributed by atoms with Gasteiger partial charge in [-0.1, -0.05) is 70.8 Å². The largest absolute Gasteiger partial charge is 0.270 e. The first kappa shape index (κ1) is 22.6. The van der Waals surface area contributed by atoms with Gasteiger partial charge >= 0.3 is 0 Å². The highest BCUT2D eigenvalue weighted by Crippen LogP contribution is 2.20. The zero-order valence-corrected chi connectivity index (χ0v) is 16.8. The lowest BCUT2D eigenvalue weighted by molar-refractivity contribution is -0.385. The summed E-state index contributed by atoms with van der Waals surface area (Å²) in [5, 5.41) is 10.8. The number of nitrogens with zero attached hydrogens (tertiary/aromatic N) is 2. The zero-order valence-electron chi connectivity index (χ0n) is 16.0. The van der Waals surface area contributed by atoms with Crippen LogP contribution in [-0.2, 0) is 10.0 Å². The Morgan fingerprint density at radius 1 is 0.962 bits per heavy atom.